The molecule has 0 saturated heterocycles. The molecule has 0 radical (unpaired) electrons. The van der Waals surface area contributed by atoms with Crippen molar-refractivity contribution in [2.45, 2.75) is 24.1 Å². The summed E-state index contributed by atoms with van der Waals surface area (Å²) in [7, 11) is 0. The lowest BCUT2D eigenvalue weighted by atomic mass is 10.1. The number of ether oxygens (including phenoxy) is 1. The van der Waals surface area contributed by atoms with Crippen molar-refractivity contribution in [3.63, 3.8) is 0 Å². The van der Waals surface area contributed by atoms with Crippen LogP contribution < -0.4 is 5.48 Å². The normalized spacial score (nSPS) is 12.8. The Morgan fingerprint density at radius 2 is 1.94 bits per heavy atom. The second-order valence-corrected chi connectivity index (χ2v) is 5.54. The van der Waals surface area contributed by atoms with Gasteiger partial charge in [0.1, 0.15) is 6.61 Å². The van der Waals surface area contributed by atoms with E-state index < -0.39 is 22.5 Å². The van der Waals surface area contributed by atoms with Crippen LogP contribution in [0.1, 0.15) is 20.3 Å². The maximum absolute atomic E-state index is 11.1. The summed E-state index contributed by atoms with van der Waals surface area (Å²) in [6.45, 7) is 3.04. The predicted molar refractivity (Wildman–Crippen MR) is 60.3 cm³/mol. The zero-order valence-corrected chi connectivity index (χ0v) is 11.0. The number of nitrogens with one attached hydrogen (secondary N) is 1. The van der Waals surface area contributed by atoms with Crippen LogP contribution in [-0.4, -0.2) is 22.5 Å². The molecule has 0 rings (SSSR count). The number of hydroxylamine groups is 1. The van der Waals surface area contributed by atoms with E-state index in [4.69, 9.17) is 34.8 Å². The molecule has 1 N–H and O–H groups in total. The SMILES string of the molecule is CC[C@H](C)C(=O)ONC(=O)OCC(Cl)(Cl)Cl. The minimum absolute atomic E-state index is 0.312. The molecule has 0 bridgehead atoms. The first-order chi connectivity index (χ1) is 7.26. The van der Waals surface area contributed by atoms with Crippen LogP contribution in [0.5, 0.6) is 0 Å². The van der Waals surface area contributed by atoms with Gasteiger partial charge in [0, 0.05) is 0 Å². The van der Waals surface area contributed by atoms with Gasteiger partial charge in [0.05, 0.1) is 5.92 Å². The Balaban J connectivity index is 3.78. The molecule has 0 aliphatic heterocycles. The van der Waals surface area contributed by atoms with Crippen LogP contribution in [0.4, 0.5) is 4.79 Å². The van der Waals surface area contributed by atoms with Gasteiger partial charge >= 0.3 is 12.1 Å². The maximum Gasteiger partial charge on any atom is 0.440 e. The van der Waals surface area contributed by atoms with Crippen molar-refractivity contribution >= 4 is 46.9 Å². The van der Waals surface area contributed by atoms with E-state index in [0.717, 1.165) is 0 Å². The van der Waals surface area contributed by atoms with E-state index in [0.29, 0.717) is 6.42 Å². The van der Waals surface area contributed by atoms with Crippen molar-refractivity contribution in [1.29, 1.82) is 0 Å². The fourth-order valence-corrected chi connectivity index (χ4v) is 0.700. The molecule has 0 saturated carbocycles. The zero-order valence-electron chi connectivity index (χ0n) is 8.76. The van der Waals surface area contributed by atoms with Crippen LogP contribution in [-0.2, 0) is 14.4 Å². The largest absolute Gasteiger partial charge is 0.443 e. The van der Waals surface area contributed by atoms with Gasteiger partial charge in [-0.15, -0.1) is 5.48 Å². The van der Waals surface area contributed by atoms with Gasteiger partial charge in [-0.25, -0.2) is 9.59 Å². The van der Waals surface area contributed by atoms with Crippen molar-refractivity contribution < 1.29 is 19.2 Å². The quantitative estimate of drug-likeness (QED) is 0.641. The summed E-state index contributed by atoms with van der Waals surface area (Å²) < 4.78 is 2.75. The Kier molecular flexibility index (Phi) is 6.87. The third kappa shape index (κ3) is 7.84. The second kappa shape index (κ2) is 7.04. The molecule has 5 nitrogen and oxygen atoms in total. The molecule has 0 spiro atoms. The number of carbonyl (C=O) groups excluding carboxylic acids is 2. The van der Waals surface area contributed by atoms with E-state index in [2.05, 4.69) is 9.57 Å². The van der Waals surface area contributed by atoms with Crippen LogP contribution in [0.3, 0.4) is 0 Å². The average Bonchev–Trinajstić information content (AvgIpc) is 2.20. The van der Waals surface area contributed by atoms with Gasteiger partial charge in [-0.2, -0.15) is 0 Å². The molecule has 1 atom stereocenters. The van der Waals surface area contributed by atoms with Gasteiger partial charge in [-0.05, 0) is 6.42 Å². The van der Waals surface area contributed by atoms with Gasteiger partial charge in [0.2, 0.25) is 3.79 Å². The lowest BCUT2D eigenvalue weighted by Crippen LogP contribution is -2.32. The van der Waals surface area contributed by atoms with Crippen molar-refractivity contribution in [2.24, 2.45) is 5.92 Å². The summed E-state index contributed by atoms with van der Waals surface area (Å²) in [6.07, 6.45) is -0.396. The first kappa shape index (κ1) is 15.6. The highest BCUT2D eigenvalue weighted by Gasteiger charge is 2.22. The molecule has 0 aromatic rings. The standard InChI is InChI=1S/C8H12Cl3NO4/c1-3-5(2)6(13)16-12-7(14)15-4-8(9,10)11/h5H,3-4H2,1-2H3,(H,12,14)/t5-/m0/s1. The smallest absolute Gasteiger partial charge is 0.440 e. The predicted octanol–water partition coefficient (Wildman–Crippen LogP) is 2.59. The van der Waals surface area contributed by atoms with Crippen LogP contribution >= 0.6 is 34.8 Å². The third-order valence-electron chi connectivity index (χ3n) is 1.62. The molecular formula is C8H12Cl3NO4. The van der Waals surface area contributed by atoms with E-state index in [9.17, 15) is 9.59 Å². The molecule has 0 aliphatic rings. The molecule has 0 aromatic heterocycles. The molecule has 0 aliphatic carbocycles. The molecular weight excluding hydrogens is 280 g/mol. The van der Waals surface area contributed by atoms with Crippen molar-refractivity contribution in [3.8, 4) is 0 Å². The van der Waals surface area contributed by atoms with Crippen LogP contribution in [0.15, 0.2) is 0 Å². The average molecular weight is 293 g/mol. The van der Waals surface area contributed by atoms with Crippen molar-refractivity contribution in [2.75, 3.05) is 6.61 Å². The van der Waals surface area contributed by atoms with Gasteiger partial charge < -0.3 is 9.57 Å². The van der Waals surface area contributed by atoms with E-state index in [-0.39, 0.29) is 5.92 Å². The Hall–Kier alpha value is -0.390. The summed E-state index contributed by atoms with van der Waals surface area (Å²) in [5.41, 5.74) is 1.78. The molecule has 0 unspecified atom stereocenters. The molecule has 0 aromatic carbocycles. The summed E-state index contributed by atoms with van der Waals surface area (Å²) in [4.78, 5) is 26.5. The maximum atomic E-state index is 11.1. The van der Waals surface area contributed by atoms with Gasteiger partial charge in [0.25, 0.3) is 0 Å². The molecule has 0 fully saturated rings. The Bertz CT molecular complexity index is 254. The third-order valence-corrected chi connectivity index (χ3v) is 1.94. The van der Waals surface area contributed by atoms with Crippen LogP contribution in [0, 0.1) is 5.92 Å². The first-order valence-electron chi connectivity index (χ1n) is 4.46. The summed E-state index contributed by atoms with van der Waals surface area (Å²) in [5.74, 6) is -0.873. The first-order valence-corrected chi connectivity index (χ1v) is 5.60. The highest BCUT2D eigenvalue weighted by atomic mass is 35.6. The molecule has 8 heteroatoms. The lowest BCUT2D eigenvalue weighted by Gasteiger charge is -2.12. The van der Waals surface area contributed by atoms with E-state index in [1.54, 1.807) is 12.4 Å². The lowest BCUT2D eigenvalue weighted by molar-refractivity contribution is -0.154. The van der Waals surface area contributed by atoms with Gasteiger partial charge in [-0.1, -0.05) is 48.7 Å². The highest BCUT2D eigenvalue weighted by Crippen LogP contribution is 2.25. The summed E-state index contributed by atoms with van der Waals surface area (Å²) in [5, 5.41) is 0. The van der Waals surface area contributed by atoms with Gasteiger partial charge in [0.15, 0.2) is 0 Å². The molecule has 0 heterocycles. The Labute approximate surface area is 108 Å². The second-order valence-electron chi connectivity index (χ2n) is 3.02. The highest BCUT2D eigenvalue weighted by molar-refractivity contribution is 6.67. The molecule has 94 valence electrons. The number of hydrogen-bond acceptors (Lipinski definition) is 4. The van der Waals surface area contributed by atoms with E-state index in [1.165, 1.54) is 0 Å². The Morgan fingerprint density at radius 3 is 2.38 bits per heavy atom. The monoisotopic (exact) mass is 291 g/mol. The number of hydrogen-bond donors (Lipinski definition) is 1. The minimum Gasteiger partial charge on any atom is -0.443 e. The van der Waals surface area contributed by atoms with Crippen molar-refractivity contribution in [1.82, 2.24) is 5.48 Å². The number of amides is 1. The van der Waals surface area contributed by atoms with Crippen LogP contribution in [0.25, 0.3) is 0 Å². The number of carbonyl (C=O) groups is 2. The molecule has 16 heavy (non-hydrogen) atoms. The topological polar surface area (TPSA) is 64.6 Å². The van der Waals surface area contributed by atoms with Crippen LogP contribution in [0.2, 0.25) is 0 Å². The van der Waals surface area contributed by atoms with E-state index >= 15 is 0 Å². The van der Waals surface area contributed by atoms with Crippen molar-refractivity contribution in [3.05, 3.63) is 0 Å². The fraction of sp³-hybridized carbons (Fsp3) is 0.750. The zero-order chi connectivity index (χ0) is 12.8. The molecule has 1 amide bonds. The summed E-state index contributed by atoms with van der Waals surface area (Å²) >= 11 is 16.0. The fourth-order valence-electron chi connectivity index (χ4n) is 0.536. The number of halogens is 3. The van der Waals surface area contributed by atoms with E-state index in [1.807, 2.05) is 6.92 Å². The number of alkyl halides is 3. The Morgan fingerprint density at radius 1 is 1.38 bits per heavy atom. The summed E-state index contributed by atoms with van der Waals surface area (Å²) in [6, 6.07) is 0. The number of rotatable bonds is 3. The van der Waals surface area contributed by atoms with Gasteiger partial charge in [-0.3, -0.25) is 0 Å². The minimum atomic E-state index is -1.70.